The molecule has 0 saturated carbocycles. The standard InChI is InChI=1S/C12H17FN2O/c1-9-2-3-11(16)10(12(9)13)8-15-6-4-14-5-7-15/h2-3,14,16H,4-8H2,1H3. The fourth-order valence-corrected chi connectivity index (χ4v) is 1.97. The number of aryl methyl sites for hydroxylation is 1. The minimum absolute atomic E-state index is 0.0571. The van der Waals surface area contributed by atoms with Gasteiger partial charge in [-0.1, -0.05) is 6.07 Å². The average molecular weight is 224 g/mol. The molecule has 1 heterocycles. The third kappa shape index (κ3) is 2.33. The van der Waals surface area contributed by atoms with E-state index in [1.165, 1.54) is 0 Å². The van der Waals surface area contributed by atoms with Crippen LogP contribution in [0.3, 0.4) is 0 Å². The van der Waals surface area contributed by atoms with Crippen LogP contribution in [-0.4, -0.2) is 36.2 Å². The van der Waals surface area contributed by atoms with Crippen LogP contribution in [0.4, 0.5) is 4.39 Å². The number of benzene rings is 1. The molecule has 1 aliphatic heterocycles. The zero-order valence-electron chi connectivity index (χ0n) is 9.46. The zero-order chi connectivity index (χ0) is 11.5. The fraction of sp³-hybridized carbons (Fsp3) is 0.500. The van der Waals surface area contributed by atoms with E-state index in [0.29, 0.717) is 17.7 Å². The summed E-state index contributed by atoms with van der Waals surface area (Å²) in [6.45, 7) is 5.85. The van der Waals surface area contributed by atoms with E-state index in [1.54, 1.807) is 19.1 Å². The first kappa shape index (κ1) is 11.4. The Morgan fingerprint density at radius 3 is 2.75 bits per heavy atom. The number of aromatic hydroxyl groups is 1. The second-order valence-electron chi connectivity index (χ2n) is 4.22. The maximum absolute atomic E-state index is 13.8. The molecule has 2 rings (SSSR count). The molecule has 0 aromatic heterocycles. The molecule has 1 aromatic carbocycles. The van der Waals surface area contributed by atoms with Crippen LogP contribution in [0.25, 0.3) is 0 Å². The van der Waals surface area contributed by atoms with Crippen molar-refractivity contribution < 1.29 is 9.50 Å². The highest BCUT2D eigenvalue weighted by atomic mass is 19.1. The van der Waals surface area contributed by atoms with Crippen LogP contribution in [0.15, 0.2) is 12.1 Å². The van der Waals surface area contributed by atoms with Gasteiger partial charge in [-0.05, 0) is 18.6 Å². The summed E-state index contributed by atoms with van der Waals surface area (Å²) in [4.78, 5) is 2.15. The molecular weight excluding hydrogens is 207 g/mol. The van der Waals surface area contributed by atoms with Gasteiger partial charge in [0.2, 0.25) is 0 Å². The normalized spacial score (nSPS) is 17.6. The molecule has 0 bridgehead atoms. The van der Waals surface area contributed by atoms with E-state index in [-0.39, 0.29) is 11.6 Å². The van der Waals surface area contributed by atoms with Crippen molar-refractivity contribution in [2.24, 2.45) is 0 Å². The monoisotopic (exact) mass is 224 g/mol. The highest BCUT2D eigenvalue weighted by Crippen LogP contribution is 2.24. The molecule has 1 aliphatic rings. The lowest BCUT2D eigenvalue weighted by atomic mass is 10.1. The van der Waals surface area contributed by atoms with Gasteiger partial charge >= 0.3 is 0 Å². The Bertz CT molecular complexity index is 376. The minimum Gasteiger partial charge on any atom is -0.508 e. The Morgan fingerprint density at radius 1 is 1.38 bits per heavy atom. The van der Waals surface area contributed by atoms with Crippen LogP contribution >= 0.6 is 0 Å². The second kappa shape index (κ2) is 4.80. The van der Waals surface area contributed by atoms with Crippen molar-refractivity contribution in [1.29, 1.82) is 0 Å². The summed E-state index contributed by atoms with van der Waals surface area (Å²) >= 11 is 0. The molecule has 1 aromatic rings. The van der Waals surface area contributed by atoms with Crippen LogP contribution in [0.2, 0.25) is 0 Å². The molecule has 0 atom stereocenters. The molecule has 4 heteroatoms. The van der Waals surface area contributed by atoms with E-state index >= 15 is 0 Å². The minimum atomic E-state index is -0.279. The van der Waals surface area contributed by atoms with Crippen molar-refractivity contribution in [3.05, 3.63) is 29.1 Å². The smallest absolute Gasteiger partial charge is 0.134 e. The van der Waals surface area contributed by atoms with Gasteiger partial charge in [0.25, 0.3) is 0 Å². The number of nitrogens with zero attached hydrogens (tertiary/aromatic N) is 1. The van der Waals surface area contributed by atoms with E-state index in [1.807, 2.05) is 0 Å². The van der Waals surface area contributed by atoms with E-state index in [0.717, 1.165) is 26.2 Å². The number of piperazine rings is 1. The quantitative estimate of drug-likeness (QED) is 0.793. The van der Waals surface area contributed by atoms with Crippen molar-refractivity contribution in [2.75, 3.05) is 26.2 Å². The van der Waals surface area contributed by atoms with E-state index < -0.39 is 0 Å². The van der Waals surface area contributed by atoms with Gasteiger partial charge in [0.15, 0.2) is 0 Å². The topological polar surface area (TPSA) is 35.5 Å². The Kier molecular flexibility index (Phi) is 3.41. The third-order valence-electron chi connectivity index (χ3n) is 3.00. The van der Waals surface area contributed by atoms with Crippen LogP contribution in [0.5, 0.6) is 5.75 Å². The molecule has 16 heavy (non-hydrogen) atoms. The molecule has 88 valence electrons. The number of rotatable bonds is 2. The highest BCUT2D eigenvalue weighted by molar-refractivity contribution is 5.37. The molecule has 2 N–H and O–H groups in total. The number of nitrogens with one attached hydrogen (secondary N) is 1. The van der Waals surface area contributed by atoms with Crippen molar-refractivity contribution in [2.45, 2.75) is 13.5 Å². The molecule has 0 amide bonds. The number of hydrogen-bond acceptors (Lipinski definition) is 3. The van der Waals surface area contributed by atoms with E-state index in [2.05, 4.69) is 10.2 Å². The molecule has 3 nitrogen and oxygen atoms in total. The summed E-state index contributed by atoms with van der Waals surface area (Å²) < 4.78 is 13.8. The predicted octanol–water partition coefficient (Wildman–Crippen LogP) is 1.24. The lowest BCUT2D eigenvalue weighted by Gasteiger charge is -2.27. The molecule has 0 spiro atoms. The second-order valence-corrected chi connectivity index (χ2v) is 4.22. The molecule has 0 radical (unpaired) electrons. The van der Waals surface area contributed by atoms with Gasteiger partial charge in [-0.2, -0.15) is 0 Å². The van der Waals surface area contributed by atoms with Gasteiger partial charge in [-0.15, -0.1) is 0 Å². The first-order valence-corrected chi connectivity index (χ1v) is 5.58. The van der Waals surface area contributed by atoms with Crippen LogP contribution in [-0.2, 0) is 6.54 Å². The summed E-state index contributed by atoms with van der Waals surface area (Å²) in [6.07, 6.45) is 0. The van der Waals surface area contributed by atoms with Crippen molar-refractivity contribution in [3.63, 3.8) is 0 Å². The van der Waals surface area contributed by atoms with E-state index in [4.69, 9.17) is 0 Å². The molecule has 0 unspecified atom stereocenters. The maximum Gasteiger partial charge on any atom is 0.134 e. The molecular formula is C12H17FN2O. The number of halogens is 1. The summed E-state index contributed by atoms with van der Waals surface area (Å²) in [5, 5.41) is 12.9. The molecule has 0 aliphatic carbocycles. The number of phenolic OH excluding ortho intramolecular Hbond substituents is 1. The van der Waals surface area contributed by atoms with Crippen molar-refractivity contribution >= 4 is 0 Å². The fourth-order valence-electron chi connectivity index (χ4n) is 1.97. The summed E-state index contributed by atoms with van der Waals surface area (Å²) in [6, 6.07) is 3.17. The Labute approximate surface area is 94.9 Å². The first-order valence-electron chi connectivity index (χ1n) is 5.58. The largest absolute Gasteiger partial charge is 0.508 e. The van der Waals surface area contributed by atoms with E-state index in [9.17, 15) is 9.50 Å². The summed E-state index contributed by atoms with van der Waals surface area (Å²) in [5.74, 6) is -0.222. The third-order valence-corrected chi connectivity index (χ3v) is 3.00. The van der Waals surface area contributed by atoms with Crippen molar-refractivity contribution in [1.82, 2.24) is 10.2 Å². The van der Waals surface area contributed by atoms with Gasteiger partial charge in [0, 0.05) is 38.3 Å². The van der Waals surface area contributed by atoms with Crippen LogP contribution in [0, 0.1) is 12.7 Å². The Hall–Kier alpha value is -1.13. The van der Waals surface area contributed by atoms with Gasteiger partial charge in [-0.25, -0.2) is 4.39 Å². The average Bonchev–Trinajstić information content (AvgIpc) is 2.31. The highest BCUT2D eigenvalue weighted by Gasteiger charge is 2.16. The number of hydrogen-bond donors (Lipinski definition) is 2. The van der Waals surface area contributed by atoms with Crippen LogP contribution in [0.1, 0.15) is 11.1 Å². The van der Waals surface area contributed by atoms with Gasteiger partial charge in [0.1, 0.15) is 11.6 Å². The Balaban J connectivity index is 2.16. The molecule has 1 fully saturated rings. The number of phenols is 1. The predicted molar refractivity (Wildman–Crippen MR) is 60.9 cm³/mol. The van der Waals surface area contributed by atoms with Gasteiger partial charge < -0.3 is 10.4 Å². The van der Waals surface area contributed by atoms with Gasteiger partial charge in [0.05, 0.1) is 0 Å². The lowest BCUT2D eigenvalue weighted by Crippen LogP contribution is -2.43. The summed E-state index contributed by atoms with van der Waals surface area (Å²) in [5.41, 5.74) is 1.00. The van der Waals surface area contributed by atoms with Gasteiger partial charge in [-0.3, -0.25) is 4.90 Å². The first-order chi connectivity index (χ1) is 7.68. The summed E-state index contributed by atoms with van der Waals surface area (Å²) in [7, 11) is 0. The lowest BCUT2D eigenvalue weighted by molar-refractivity contribution is 0.227. The zero-order valence-corrected chi connectivity index (χ0v) is 9.46. The maximum atomic E-state index is 13.8. The SMILES string of the molecule is Cc1ccc(O)c(CN2CCNCC2)c1F. The van der Waals surface area contributed by atoms with Crippen molar-refractivity contribution in [3.8, 4) is 5.75 Å². The molecule has 1 saturated heterocycles. The Morgan fingerprint density at radius 2 is 2.06 bits per heavy atom. The van der Waals surface area contributed by atoms with Crippen LogP contribution < -0.4 is 5.32 Å².